The molecule has 0 aliphatic heterocycles. The van der Waals surface area contributed by atoms with E-state index in [1.807, 2.05) is 0 Å². The summed E-state index contributed by atoms with van der Waals surface area (Å²) in [7, 11) is 0. The number of aromatic nitrogens is 4. The Morgan fingerprint density at radius 3 is 2.96 bits per heavy atom. The molecule has 7 nitrogen and oxygen atoms in total. The van der Waals surface area contributed by atoms with E-state index in [0.29, 0.717) is 40.2 Å². The molecule has 0 amide bonds. The topological polar surface area (TPSA) is 102 Å². The molecule has 0 aliphatic carbocycles. The number of fused-ring (bicyclic) bond motifs is 1. The van der Waals surface area contributed by atoms with Crippen LogP contribution in [0.2, 0.25) is 10.0 Å². The molecule has 0 spiro atoms. The van der Waals surface area contributed by atoms with Crippen LogP contribution < -0.4 is 16.7 Å². The highest BCUT2D eigenvalue weighted by molar-refractivity contribution is 6.33. The highest BCUT2D eigenvalue weighted by atomic mass is 35.5. The van der Waals surface area contributed by atoms with E-state index in [1.165, 1.54) is 4.57 Å². The van der Waals surface area contributed by atoms with E-state index in [1.54, 1.807) is 24.4 Å². The van der Waals surface area contributed by atoms with Crippen LogP contribution in [0.1, 0.15) is 12.0 Å². The molecule has 0 saturated carbocycles. The fraction of sp³-hybridized carbons (Fsp3) is 0.267. The van der Waals surface area contributed by atoms with Gasteiger partial charge in [0.05, 0.1) is 12.7 Å². The maximum atomic E-state index is 12.2. The minimum Gasteiger partial charge on any atom is -0.354 e. The molecule has 0 fully saturated rings. The molecule has 24 heavy (non-hydrogen) atoms. The summed E-state index contributed by atoms with van der Waals surface area (Å²) in [4.78, 5) is 23.6. The molecule has 0 unspecified atom stereocenters. The summed E-state index contributed by atoms with van der Waals surface area (Å²) in [5.74, 6) is 0.445. The lowest BCUT2D eigenvalue weighted by atomic mass is 10.2. The van der Waals surface area contributed by atoms with Gasteiger partial charge in [0.25, 0.3) is 0 Å². The van der Waals surface area contributed by atoms with E-state index in [2.05, 4.69) is 20.3 Å². The second-order valence-corrected chi connectivity index (χ2v) is 6.10. The van der Waals surface area contributed by atoms with Crippen LogP contribution in [0.4, 0.5) is 5.95 Å². The zero-order valence-electron chi connectivity index (χ0n) is 12.7. The first-order chi connectivity index (χ1) is 11.6. The predicted molar refractivity (Wildman–Crippen MR) is 95.9 cm³/mol. The number of nitrogens with one attached hydrogen (secondary N) is 2. The molecule has 0 bridgehead atoms. The number of halogens is 2. The lowest BCUT2D eigenvalue weighted by molar-refractivity contribution is 0.777. The van der Waals surface area contributed by atoms with Crippen molar-refractivity contribution < 1.29 is 0 Å². The summed E-state index contributed by atoms with van der Waals surface area (Å²) in [6.07, 6.45) is 2.38. The van der Waals surface area contributed by atoms with Gasteiger partial charge in [-0.05, 0) is 36.7 Å². The number of nitrogens with zero attached hydrogens (tertiary/aromatic N) is 3. The number of hydrogen-bond donors (Lipinski definition) is 3. The van der Waals surface area contributed by atoms with Crippen molar-refractivity contribution in [2.45, 2.75) is 13.0 Å². The van der Waals surface area contributed by atoms with Gasteiger partial charge in [-0.15, -0.1) is 0 Å². The third-order valence-corrected chi connectivity index (χ3v) is 4.12. The Balaban J connectivity index is 1.97. The highest BCUT2D eigenvalue weighted by Gasteiger charge is 2.12. The molecule has 3 rings (SSSR count). The Morgan fingerprint density at radius 2 is 2.17 bits per heavy atom. The number of rotatable bonds is 6. The standard InChI is InChI=1S/C15H16Cl2N6O/c16-10-2-3-11(17)9(6-10)8-23-13-12(21-15(23)24)7-20-14(22-13)19-5-1-4-18/h2-3,6-7H,1,4-5,8,18H2,(H,21,24)(H,19,20,22). The molecule has 2 aromatic heterocycles. The summed E-state index contributed by atoms with van der Waals surface area (Å²) in [5, 5.41) is 4.17. The molecular weight excluding hydrogens is 351 g/mol. The summed E-state index contributed by atoms with van der Waals surface area (Å²) in [5.41, 5.74) is 6.98. The smallest absolute Gasteiger partial charge is 0.328 e. The van der Waals surface area contributed by atoms with Gasteiger partial charge in [-0.1, -0.05) is 23.2 Å². The monoisotopic (exact) mass is 366 g/mol. The van der Waals surface area contributed by atoms with Crippen molar-refractivity contribution >= 4 is 40.3 Å². The van der Waals surface area contributed by atoms with Crippen LogP contribution in [-0.4, -0.2) is 32.6 Å². The molecule has 1 aromatic carbocycles. The number of nitrogens with two attached hydrogens (primary N) is 1. The number of H-pyrrole nitrogens is 1. The molecule has 0 atom stereocenters. The largest absolute Gasteiger partial charge is 0.354 e. The van der Waals surface area contributed by atoms with Gasteiger partial charge in [0.1, 0.15) is 5.52 Å². The molecule has 9 heteroatoms. The van der Waals surface area contributed by atoms with Crippen LogP contribution in [0, 0.1) is 0 Å². The fourth-order valence-electron chi connectivity index (χ4n) is 2.31. The zero-order chi connectivity index (χ0) is 17.1. The Hall–Kier alpha value is -2.09. The average molecular weight is 367 g/mol. The van der Waals surface area contributed by atoms with Gasteiger partial charge in [-0.3, -0.25) is 4.57 Å². The Bertz CT molecular complexity index is 920. The number of benzene rings is 1. The normalized spacial score (nSPS) is 11.1. The van der Waals surface area contributed by atoms with Crippen molar-refractivity contribution in [1.82, 2.24) is 19.5 Å². The Morgan fingerprint density at radius 1 is 1.33 bits per heavy atom. The van der Waals surface area contributed by atoms with E-state index in [4.69, 9.17) is 28.9 Å². The number of anilines is 1. The maximum Gasteiger partial charge on any atom is 0.328 e. The molecule has 0 radical (unpaired) electrons. The average Bonchev–Trinajstić information content (AvgIpc) is 2.87. The van der Waals surface area contributed by atoms with Gasteiger partial charge in [0.2, 0.25) is 5.95 Å². The predicted octanol–water partition coefficient (Wildman–Crippen LogP) is 2.24. The number of hydrogen-bond acceptors (Lipinski definition) is 5. The molecule has 126 valence electrons. The van der Waals surface area contributed by atoms with E-state index in [-0.39, 0.29) is 12.2 Å². The van der Waals surface area contributed by atoms with Gasteiger partial charge >= 0.3 is 5.69 Å². The molecule has 3 aromatic rings. The van der Waals surface area contributed by atoms with Crippen molar-refractivity contribution in [3.63, 3.8) is 0 Å². The zero-order valence-corrected chi connectivity index (χ0v) is 14.2. The Labute approximate surface area is 147 Å². The second-order valence-electron chi connectivity index (χ2n) is 5.25. The number of aromatic amines is 1. The van der Waals surface area contributed by atoms with Crippen LogP contribution in [0.25, 0.3) is 11.2 Å². The molecule has 0 saturated heterocycles. The molecule has 2 heterocycles. The van der Waals surface area contributed by atoms with Gasteiger partial charge in [-0.25, -0.2) is 9.78 Å². The molecule has 4 N–H and O–H groups in total. The first-order valence-corrected chi connectivity index (χ1v) is 8.17. The van der Waals surface area contributed by atoms with Crippen molar-refractivity contribution in [3.8, 4) is 0 Å². The van der Waals surface area contributed by atoms with Crippen molar-refractivity contribution in [2.75, 3.05) is 18.4 Å². The van der Waals surface area contributed by atoms with Crippen molar-refractivity contribution in [2.24, 2.45) is 5.73 Å². The second kappa shape index (κ2) is 7.21. The van der Waals surface area contributed by atoms with E-state index >= 15 is 0 Å². The summed E-state index contributed by atoms with van der Waals surface area (Å²) in [6, 6.07) is 5.14. The minimum absolute atomic E-state index is 0.261. The third-order valence-electron chi connectivity index (χ3n) is 3.51. The van der Waals surface area contributed by atoms with Crippen molar-refractivity contribution in [3.05, 3.63) is 50.5 Å². The van der Waals surface area contributed by atoms with Gasteiger partial charge in [0.15, 0.2) is 5.65 Å². The van der Waals surface area contributed by atoms with Gasteiger partial charge in [-0.2, -0.15) is 4.98 Å². The lowest BCUT2D eigenvalue weighted by Crippen LogP contribution is -2.18. The van der Waals surface area contributed by atoms with E-state index in [0.717, 1.165) is 12.0 Å². The fourth-order valence-corrected chi connectivity index (χ4v) is 2.69. The van der Waals surface area contributed by atoms with E-state index < -0.39 is 0 Å². The van der Waals surface area contributed by atoms with Crippen LogP contribution in [0.3, 0.4) is 0 Å². The van der Waals surface area contributed by atoms with E-state index in [9.17, 15) is 4.79 Å². The summed E-state index contributed by atoms with van der Waals surface area (Å²) < 4.78 is 1.50. The molecular formula is C15H16Cl2N6O. The highest BCUT2D eigenvalue weighted by Crippen LogP contribution is 2.22. The van der Waals surface area contributed by atoms with Gasteiger partial charge < -0.3 is 16.0 Å². The third kappa shape index (κ3) is 3.53. The van der Waals surface area contributed by atoms with Crippen LogP contribution in [0.5, 0.6) is 0 Å². The quantitative estimate of drug-likeness (QED) is 0.580. The maximum absolute atomic E-state index is 12.2. The summed E-state index contributed by atoms with van der Waals surface area (Å²) in [6.45, 7) is 1.51. The minimum atomic E-state index is -0.283. The SMILES string of the molecule is NCCCNc1ncc2[nH]c(=O)n(Cc3cc(Cl)ccc3Cl)c2n1. The first kappa shape index (κ1) is 16.8. The van der Waals surface area contributed by atoms with Crippen molar-refractivity contribution in [1.29, 1.82) is 0 Å². The first-order valence-electron chi connectivity index (χ1n) is 7.42. The Kier molecular flexibility index (Phi) is 5.03. The molecule has 0 aliphatic rings. The number of imidazole rings is 1. The van der Waals surface area contributed by atoms with Crippen LogP contribution in [-0.2, 0) is 6.54 Å². The van der Waals surface area contributed by atoms with Crippen LogP contribution in [0.15, 0.2) is 29.2 Å². The van der Waals surface area contributed by atoms with Crippen LogP contribution >= 0.6 is 23.2 Å². The lowest BCUT2D eigenvalue weighted by Gasteiger charge is -2.07. The van der Waals surface area contributed by atoms with Gasteiger partial charge in [0, 0.05) is 16.6 Å². The summed E-state index contributed by atoms with van der Waals surface area (Å²) >= 11 is 12.2.